The van der Waals surface area contributed by atoms with Crippen molar-refractivity contribution < 1.29 is 4.79 Å². The predicted molar refractivity (Wildman–Crippen MR) is 50.3 cm³/mol. The van der Waals surface area contributed by atoms with Gasteiger partial charge in [-0.2, -0.15) is 0 Å². The lowest BCUT2D eigenvalue weighted by atomic mass is 10.2. The quantitative estimate of drug-likeness (QED) is 0.385. The molecule has 58 valence electrons. The van der Waals surface area contributed by atoms with Gasteiger partial charge < -0.3 is 0 Å². The van der Waals surface area contributed by atoms with Crippen LogP contribution in [-0.4, -0.2) is 6.29 Å². The van der Waals surface area contributed by atoms with Crippen molar-refractivity contribution in [2.75, 3.05) is 0 Å². The second-order valence-corrected chi connectivity index (χ2v) is 2.23. The third kappa shape index (κ3) is 3.63. The second-order valence-electron chi connectivity index (χ2n) is 1.71. The van der Waals surface area contributed by atoms with Gasteiger partial charge in [0.1, 0.15) is 6.29 Å². The number of thiol groups is 1. The van der Waals surface area contributed by atoms with Gasteiger partial charge in [-0.1, -0.05) is 12.1 Å². The summed E-state index contributed by atoms with van der Waals surface area (Å²) in [5.74, 6) is 0. The SMILES string of the molecule is C=C.O=Cc1ccc(S)cc1. The zero-order chi connectivity index (χ0) is 8.69. The molecule has 0 heterocycles. The highest BCUT2D eigenvalue weighted by molar-refractivity contribution is 7.80. The minimum absolute atomic E-state index is 0.688. The molecular weight excluding hydrogens is 156 g/mol. The van der Waals surface area contributed by atoms with Crippen LogP contribution in [0.5, 0.6) is 0 Å². The highest BCUT2D eigenvalue weighted by Crippen LogP contribution is 2.05. The molecule has 1 nitrogen and oxygen atoms in total. The third-order valence-corrected chi connectivity index (χ3v) is 1.33. The molecule has 11 heavy (non-hydrogen) atoms. The summed E-state index contributed by atoms with van der Waals surface area (Å²) in [5, 5.41) is 0. The average Bonchev–Trinajstić information content (AvgIpc) is 2.10. The van der Waals surface area contributed by atoms with Gasteiger partial charge in [0.15, 0.2) is 0 Å². The van der Waals surface area contributed by atoms with Crippen molar-refractivity contribution in [3.8, 4) is 0 Å². The van der Waals surface area contributed by atoms with Gasteiger partial charge in [0.25, 0.3) is 0 Å². The van der Waals surface area contributed by atoms with Crippen LogP contribution in [0.2, 0.25) is 0 Å². The number of carbonyl (C=O) groups excluding carboxylic acids is 1. The molecule has 0 saturated carbocycles. The number of benzene rings is 1. The first-order valence-corrected chi connectivity index (χ1v) is 3.52. The van der Waals surface area contributed by atoms with Crippen LogP contribution in [0.1, 0.15) is 10.4 Å². The first-order chi connectivity index (χ1) is 5.33. The van der Waals surface area contributed by atoms with E-state index in [2.05, 4.69) is 25.8 Å². The molecule has 0 atom stereocenters. The summed E-state index contributed by atoms with van der Waals surface area (Å²) in [4.78, 5) is 11.0. The second kappa shape index (κ2) is 5.74. The lowest BCUT2D eigenvalue weighted by molar-refractivity contribution is 0.112. The molecule has 2 heteroatoms. The largest absolute Gasteiger partial charge is 0.298 e. The molecule has 1 aromatic carbocycles. The van der Waals surface area contributed by atoms with E-state index in [-0.39, 0.29) is 0 Å². The molecule has 0 spiro atoms. The summed E-state index contributed by atoms with van der Waals surface area (Å²) in [6.07, 6.45) is 0.813. The van der Waals surface area contributed by atoms with E-state index in [4.69, 9.17) is 0 Å². The van der Waals surface area contributed by atoms with Crippen LogP contribution >= 0.6 is 12.6 Å². The fourth-order valence-corrected chi connectivity index (χ4v) is 0.702. The van der Waals surface area contributed by atoms with Crippen LogP contribution in [0, 0.1) is 0 Å². The van der Waals surface area contributed by atoms with Gasteiger partial charge in [0.05, 0.1) is 0 Å². The Bertz CT molecular complexity index is 216. The maximum absolute atomic E-state index is 10.1. The number of hydrogen-bond donors (Lipinski definition) is 1. The fourth-order valence-electron chi connectivity index (χ4n) is 0.553. The van der Waals surface area contributed by atoms with Gasteiger partial charge in [-0.3, -0.25) is 4.79 Å². The van der Waals surface area contributed by atoms with Gasteiger partial charge in [-0.15, -0.1) is 25.8 Å². The van der Waals surface area contributed by atoms with E-state index < -0.39 is 0 Å². The van der Waals surface area contributed by atoms with E-state index in [0.717, 1.165) is 11.2 Å². The maximum atomic E-state index is 10.1. The number of carbonyl (C=O) groups is 1. The molecule has 0 radical (unpaired) electrons. The Balaban J connectivity index is 0.000000461. The first-order valence-electron chi connectivity index (χ1n) is 3.07. The maximum Gasteiger partial charge on any atom is 0.150 e. The van der Waals surface area contributed by atoms with Crippen molar-refractivity contribution in [3.63, 3.8) is 0 Å². The minimum Gasteiger partial charge on any atom is -0.298 e. The van der Waals surface area contributed by atoms with Crippen LogP contribution in [0.15, 0.2) is 42.3 Å². The highest BCUT2D eigenvalue weighted by atomic mass is 32.1. The van der Waals surface area contributed by atoms with Gasteiger partial charge in [-0.25, -0.2) is 0 Å². The van der Waals surface area contributed by atoms with Crippen LogP contribution in [0.3, 0.4) is 0 Å². The van der Waals surface area contributed by atoms with Crippen molar-refractivity contribution in [2.45, 2.75) is 4.90 Å². The van der Waals surface area contributed by atoms with E-state index in [1.807, 2.05) is 0 Å². The predicted octanol–water partition coefficient (Wildman–Crippen LogP) is 2.59. The van der Waals surface area contributed by atoms with Gasteiger partial charge >= 0.3 is 0 Å². The normalized spacial score (nSPS) is 7.73. The molecule has 0 bridgehead atoms. The molecule has 0 saturated heterocycles. The third-order valence-electron chi connectivity index (χ3n) is 1.03. The molecule has 0 aliphatic heterocycles. The highest BCUT2D eigenvalue weighted by Gasteiger charge is 1.85. The zero-order valence-corrected chi connectivity index (χ0v) is 7.05. The Kier molecular flexibility index (Phi) is 5.21. The molecule has 0 aromatic heterocycles. The summed E-state index contributed by atoms with van der Waals surface area (Å²) in [7, 11) is 0. The summed E-state index contributed by atoms with van der Waals surface area (Å²) in [6.45, 7) is 6.00. The molecule has 0 amide bonds. The monoisotopic (exact) mass is 166 g/mol. The van der Waals surface area contributed by atoms with Crippen LogP contribution in [-0.2, 0) is 0 Å². The van der Waals surface area contributed by atoms with Gasteiger partial charge in [-0.05, 0) is 12.1 Å². The molecule has 0 aliphatic rings. The Labute approximate surface area is 72.2 Å². The molecule has 0 fully saturated rings. The Morgan fingerprint density at radius 3 is 2.00 bits per heavy atom. The number of rotatable bonds is 1. The van der Waals surface area contributed by atoms with E-state index >= 15 is 0 Å². The lowest BCUT2D eigenvalue weighted by Crippen LogP contribution is -1.75. The molecule has 1 aromatic rings. The van der Waals surface area contributed by atoms with Crippen molar-refractivity contribution in [1.82, 2.24) is 0 Å². The van der Waals surface area contributed by atoms with E-state index in [1.54, 1.807) is 24.3 Å². The molecular formula is C9H10OS. The van der Waals surface area contributed by atoms with Crippen molar-refractivity contribution >= 4 is 18.9 Å². The number of hydrogen-bond acceptors (Lipinski definition) is 2. The topological polar surface area (TPSA) is 17.1 Å². The molecule has 0 aliphatic carbocycles. The standard InChI is InChI=1S/C7H6OS.C2H4/c8-5-6-1-3-7(9)4-2-6;1-2/h1-5,9H;1-2H2. The van der Waals surface area contributed by atoms with Crippen molar-refractivity contribution in [3.05, 3.63) is 43.0 Å². The summed E-state index contributed by atoms with van der Waals surface area (Å²) >= 11 is 4.05. The summed E-state index contributed by atoms with van der Waals surface area (Å²) in [6, 6.07) is 7.03. The van der Waals surface area contributed by atoms with Crippen molar-refractivity contribution in [2.24, 2.45) is 0 Å². The Morgan fingerprint density at radius 1 is 1.18 bits per heavy atom. The lowest BCUT2D eigenvalue weighted by Gasteiger charge is -1.88. The van der Waals surface area contributed by atoms with E-state index in [0.29, 0.717) is 5.56 Å². The summed E-state index contributed by atoms with van der Waals surface area (Å²) < 4.78 is 0. The summed E-state index contributed by atoms with van der Waals surface area (Å²) in [5.41, 5.74) is 0.688. The van der Waals surface area contributed by atoms with Gasteiger partial charge in [0.2, 0.25) is 0 Å². The first kappa shape index (κ1) is 9.98. The van der Waals surface area contributed by atoms with Crippen molar-refractivity contribution in [1.29, 1.82) is 0 Å². The van der Waals surface area contributed by atoms with E-state index in [9.17, 15) is 4.79 Å². The smallest absolute Gasteiger partial charge is 0.150 e. The Morgan fingerprint density at radius 2 is 1.64 bits per heavy atom. The molecule has 0 unspecified atom stereocenters. The zero-order valence-electron chi connectivity index (χ0n) is 6.16. The van der Waals surface area contributed by atoms with Crippen LogP contribution in [0.25, 0.3) is 0 Å². The molecule has 0 N–H and O–H groups in total. The number of aldehydes is 1. The average molecular weight is 166 g/mol. The molecule has 1 rings (SSSR count). The van der Waals surface area contributed by atoms with Crippen LogP contribution in [0.4, 0.5) is 0 Å². The fraction of sp³-hybridized carbons (Fsp3) is 0. The van der Waals surface area contributed by atoms with Crippen LogP contribution < -0.4 is 0 Å². The minimum atomic E-state index is 0.688. The van der Waals surface area contributed by atoms with Gasteiger partial charge in [0, 0.05) is 10.5 Å². The van der Waals surface area contributed by atoms with E-state index in [1.165, 1.54) is 0 Å². The Hall–Kier alpha value is -1.02.